The van der Waals surface area contributed by atoms with Crippen LogP contribution in [0.15, 0.2) is 29.4 Å². The fourth-order valence-corrected chi connectivity index (χ4v) is 3.44. The number of nitrogens with one attached hydrogen (secondary N) is 1. The van der Waals surface area contributed by atoms with E-state index >= 15 is 0 Å². The zero-order valence-electron chi connectivity index (χ0n) is 16.9. The number of unbranched alkanes of at least 4 members (excludes halogenated alkanes) is 1. The van der Waals surface area contributed by atoms with Gasteiger partial charge in [-0.3, -0.25) is 9.48 Å². The van der Waals surface area contributed by atoms with Gasteiger partial charge in [-0.2, -0.15) is 10.2 Å². The Morgan fingerprint density at radius 1 is 1.31 bits per heavy atom. The summed E-state index contributed by atoms with van der Waals surface area (Å²) in [5.74, 6) is 0.185. The summed E-state index contributed by atoms with van der Waals surface area (Å²) in [5.41, 5.74) is 0.683. The van der Waals surface area contributed by atoms with Crippen molar-refractivity contribution in [2.24, 2.45) is 5.10 Å². The van der Waals surface area contributed by atoms with E-state index in [2.05, 4.69) is 22.4 Å². The number of hydrogen-bond acceptors (Lipinski definition) is 5. The molecule has 1 aromatic heterocycles. The van der Waals surface area contributed by atoms with E-state index in [4.69, 9.17) is 16.3 Å². The molecule has 0 spiro atoms. The first kappa shape index (κ1) is 20.9. The van der Waals surface area contributed by atoms with Crippen LogP contribution in [0.4, 0.5) is 4.79 Å². The van der Waals surface area contributed by atoms with Gasteiger partial charge in [0, 0.05) is 6.54 Å². The maximum absolute atomic E-state index is 13.0. The number of benzene rings is 1. The van der Waals surface area contributed by atoms with Gasteiger partial charge in [0.25, 0.3) is 5.91 Å². The molecule has 1 aromatic carbocycles. The highest BCUT2D eigenvalue weighted by Crippen LogP contribution is 2.30. The normalized spacial score (nSPS) is 19.3. The van der Waals surface area contributed by atoms with Crippen LogP contribution < -0.4 is 10.1 Å². The molecule has 2 aromatic rings. The van der Waals surface area contributed by atoms with Crippen LogP contribution in [0.3, 0.4) is 0 Å². The van der Waals surface area contributed by atoms with Crippen LogP contribution >= 0.6 is 11.6 Å². The predicted molar refractivity (Wildman–Crippen MR) is 110 cm³/mol. The number of aryl methyl sites for hydroxylation is 2. The highest BCUT2D eigenvalue weighted by molar-refractivity contribution is 6.32. The van der Waals surface area contributed by atoms with Gasteiger partial charge in [-0.25, -0.2) is 4.79 Å². The van der Waals surface area contributed by atoms with Crippen molar-refractivity contribution in [3.8, 4) is 5.75 Å². The van der Waals surface area contributed by atoms with Crippen molar-refractivity contribution in [3.05, 3.63) is 46.2 Å². The number of hydrazone groups is 1. The molecule has 29 heavy (non-hydrogen) atoms. The number of aromatic nitrogens is 2. The Kier molecular flexibility index (Phi) is 5.93. The molecule has 0 bridgehead atoms. The Morgan fingerprint density at radius 3 is 2.62 bits per heavy atom. The molecule has 0 radical (unpaired) electrons. The summed E-state index contributed by atoms with van der Waals surface area (Å²) in [4.78, 5) is 25.4. The molecule has 1 aliphatic rings. The maximum atomic E-state index is 13.0. The summed E-state index contributed by atoms with van der Waals surface area (Å²) in [6.45, 7) is 6.24. The van der Waals surface area contributed by atoms with Crippen LogP contribution in [0.1, 0.15) is 43.5 Å². The number of nitrogens with zero attached hydrogens (tertiary/aromatic N) is 4. The Bertz CT molecular complexity index is 954. The third kappa shape index (κ3) is 3.85. The average Bonchev–Trinajstić information content (AvgIpc) is 3.11. The Morgan fingerprint density at radius 2 is 2.00 bits per heavy atom. The van der Waals surface area contributed by atoms with Crippen LogP contribution in [-0.4, -0.2) is 40.1 Å². The minimum absolute atomic E-state index is 0.435. The van der Waals surface area contributed by atoms with Gasteiger partial charge in [0.2, 0.25) is 0 Å². The number of hydrogen-bond donors (Lipinski definition) is 1. The van der Waals surface area contributed by atoms with Crippen LogP contribution in [0.5, 0.6) is 5.75 Å². The largest absolute Gasteiger partial charge is 0.497 e. The monoisotopic (exact) mass is 417 g/mol. The molecule has 8 nitrogen and oxygen atoms in total. The number of carbonyl (C=O) groups excluding carboxylic acids is 2. The summed E-state index contributed by atoms with van der Waals surface area (Å²) in [6, 6.07) is 6.35. The summed E-state index contributed by atoms with van der Waals surface area (Å²) in [6.07, 6.45) is 3.38. The van der Waals surface area contributed by atoms with Gasteiger partial charge in [-0.1, -0.05) is 37.1 Å². The molecule has 2 heterocycles. The molecule has 154 valence electrons. The van der Waals surface area contributed by atoms with Crippen molar-refractivity contribution in [1.29, 1.82) is 0 Å². The topological polar surface area (TPSA) is 88.8 Å². The van der Waals surface area contributed by atoms with Crippen molar-refractivity contribution in [1.82, 2.24) is 20.1 Å². The van der Waals surface area contributed by atoms with E-state index in [1.807, 2.05) is 6.92 Å². The zero-order valence-corrected chi connectivity index (χ0v) is 17.7. The number of urea groups is 1. The summed E-state index contributed by atoms with van der Waals surface area (Å²) >= 11 is 6.40. The summed E-state index contributed by atoms with van der Waals surface area (Å²) in [5, 5.41) is 12.5. The smallest absolute Gasteiger partial charge is 0.346 e. The number of halogens is 1. The van der Waals surface area contributed by atoms with Crippen LogP contribution in [-0.2, 0) is 16.9 Å². The molecular weight excluding hydrogens is 394 g/mol. The molecule has 0 aliphatic carbocycles. The number of methoxy groups -OCH3 is 1. The van der Waals surface area contributed by atoms with E-state index in [1.54, 1.807) is 43.0 Å². The Hall–Kier alpha value is -2.87. The minimum atomic E-state index is -1.22. The van der Waals surface area contributed by atoms with E-state index in [0.717, 1.165) is 17.9 Å². The van der Waals surface area contributed by atoms with Gasteiger partial charge in [0.05, 0.1) is 24.6 Å². The molecule has 1 unspecified atom stereocenters. The van der Waals surface area contributed by atoms with Crippen molar-refractivity contribution >= 4 is 29.8 Å². The van der Waals surface area contributed by atoms with E-state index < -0.39 is 17.5 Å². The number of carbonyl (C=O) groups is 2. The lowest BCUT2D eigenvalue weighted by molar-refractivity contribution is -0.131. The van der Waals surface area contributed by atoms with E-state index in [0.29, 0.717) is 34.3 Å². The van der Waals surface area contributed by atoms with Crippen molar-refractivity contribution in [2.75, 3.05) is 7.11 Å². The molecule has 9 heteroatoms. The third-order valence-electron chi connectivity index (χ3n) is 4.97. The summed E-state index contributed by atoms with van der Waals surface area (Å²) < 4.78 is 6.85. The fraction of sp³-hybridized carbons (Fsp3) is 0.400. The van der Waals surface area contributed by atoms with Crippen molar-refractivity contribution in [3.63, 3.8) is 0 Å². The average molecular weight is 418 g/mol. The third-order valence-corrected chi connectivity index (χ3v) is 5.37. The fourth-order valence-electron chi connectivity index (χ4n) is 3.13. The highest BCUT2D eigenvalue weighted by Gasteiger charge is 2.49. The second kappa shape index (κ2) is 8.24. The maximum Gasteiger partial charge on any atom is 0.346 e. The molecular formula is C20H24ClN5O3. The molecule has 0 saturated carbocycles. The Labute approximate surface area is 174 Å². The first-order valence-corrected chi connectivity index (χ1v) is 9.77. The molecule has 3 rings (SSSR count). The van der Waals surface area contributed by atoms with E-state index in [1.165, 1.54) is 6.21 Å². The van der Waals surface area contributed by atoms with Gasteiger partial charge in [-0.05, 0) is 38.0 Å². The molecule has 1 saturated heterocycles. The summed E-state index contributed by atoms with van der Waals surface area (Å²) in [7, 11) is 1.56. The SMILES string of the molecule is CCCCn1nc(C)c(/C=N/N2C(=O)NC(C)(c3ccc(OC)cc3)C2=O)c1Cl. The first-order chi connectivity index (χ1) is 13.8. The van der Waals surface area contributed by atoms with Crippen LogP contribution in [0, 0.1) is 6.92 Å². The number of ether oxygens (including phenoxy) is 1. The molecule has 1 fully saturated rings. The first-order valence-electron chi connectivity index (χ1n) is 9.40. The molecule has 1 atom stereocenters. The lowest BCUT2D eigenvalue weighted by Crippen LogP contribution is -2.40. The van der Waals surface area contributed by atoms with Crippen LogP contribution in [0.2, 0.25) is 5.15 Å². The minimum Gasteiger partial charge on any atom is -0.497 e. The standard InChI is InChI=1S/C20H24ClN5O3/c1-5-6-11-25-17(21)16(13(2)24-25)12-22-26-18(27)20(3,23-19(26)28)14-7-9-15(29-4)10-8-14/h7-10,12H,5-6,11H2,1-4H3,(H,23,28)/b22-12+. The lowest BCUT2D eigenvalue weighted by Gasteiger charge is -2.21. The van der Waals surface area contributed by atoms with Gasteiger partial charge in [-0.15, -0.1) is 5.01 Å². The second-order valence-electron chi connectivity index (χ2n) is 7.01. The number of imide groups is 1. The van der Waals surface area contributed by atoms with E-state index in [-0.39, 0.29) is 0 Å². The van der Waals surface area contributed by atoms with Crippen LogP contribution in [0.25, 0.3) is 0 Å². The molecule has 1 aliphatic heterocycles. The molecule has 3 amide bonds. The van der Waals surface area contributed by atoms with Gasteiger partial charge >= 0.3 is 6.03 Å². The van der Waals surface area contributed by atoms with Gasteiger partial charge < -0.3 is 10.1 Å². The van der Waals surface area contributed by atoms with E-state index in [9.17, 15) is 9.59 Å². The second-order valence-corrected chi connectivity index (χ2v) is 7.37. The highest BCUT2D eigenvalue weighted by atomic mass is 35.5. The van der Waals surface area contributed by atoms with Gasteiger partial charge in [0.15, 0.2) is 0 Å². The van der Waals surface area contributed by atoms with Crippen molar-refractivity contribution < 1.29 is 14.3 Å². The lowest BCUT2D eigenvalue weighted by atomic mass is 9.92. The zero-order chi connectivity index (χ0) is 21.2. The number of rotatable bonds is 7. The number of amides is 3. The molecule has 1 N–H and O–H groups in total. The quantitative estimate of drug-likeness (QED) is 0.552. The van der Waals surface area contributed by atoms with Gasteiger partial charge in [0.1, 0.15) is 16.4 Å². The predicted octanol–water partition coefficient (Wildman–Crippen LogP) is 3.45. The van der Waals surface area contributed by atoms with Crippen molar-refractivity contribution in [2.45, 2.75) is 45.7 Å². The Balaban J connectivity index is 1.84.